The summed E-state index contributed by atoms with van der Waals surface area (Å²) in [6.45, 7) is 0. The van der Waals surface area contributed by atoms with Crippen molar-refractivity contribution in [2.45, 2.75) is 36.1 Å². The van der Waals surface area contributed by atoms with E-state index in [1.807, 2.05) is 0 Å². The van der Waals surface area contributed by atoms with Gasteiger partial charge in [0.05, 0.1) is 17.8 Å². The van der Waals surface area contributed by atoms with Crippen LogP contribution in [-0.2, 0) is 0 Å². The van der Waals surface area contributed by atoms with Gasteiger partial charge in [0.1, 0.15) is 35.6 Å². The fourth-order valence-corrected chi connectivity index (χ4v) is 8.54. The molecule has 0 bridgehead atoms. The van der Waals surface area contributed by atoms with Crippen LogP contribution in [0.3, 0.4) is 0 Å². The van der Waals surface area contributed by atoms with E-state index in [4.69, 9.17) is 14.2 Å². The zero-order valence-corrected chi connectivity index (χ0v) is 24.5. The predicted octanol–water partition coefficient (Wildman–Crippen LogP) is 9.80. The Balaban J connectivity index is 1.31. The van der Waals surface area contributed by atoms with Gasteiger partial charge in [-0.1, -0.05) is 127 Å². The molecule has 3 heteroatoms. The molecule has 0 N–H and O–H groups in total. The van der Waals surface area contributed by atoms with E-state index >= 15 is 0 Å². The molecule has 0 saturated carbocycles. The summed E-state index contributed by atoms with van der Waals surface area (Å²) in [5.41, 5.74) is 11.2. The van der Waals surface area contributed by atoms with Gasteiger partial charge in [-0.05, 0) is 51.6 Å². The zero-order valence-electron chi connectivity index (χ0n) is 24.5. The molecule has 0 saturated heterocycles. The molecule has 3 aliphatic heterocycles. The molecule has 0 aromatic heterocycles. The van der Waals surface area contributed by atoms with Crippen LogP contribution in [0.2, 0.25) is 0 Å². The molecule has 1 aliphatic carbocycles. The molecule has 216 valence electrons. The quantitative estimate of drug-likeness (QED) is 0.208. The molecular weight excluding hydrogens is 552 g/mol. The number of fused-ring (bicyclic) bond motifs is 3. The highest BCUT2D eigenvalue weighted by Crippen LogP contribution is 2.64. The van der Waals surface area contributed by atoms with Gasteiger partial charge in [-0.2, -0.15) is 0 Å². The van der Waals surface area contributed by atoms with Crippen molar-refractivity contribution in [3.63, 3.8) is 0 Å². The van der Waals surface area contributed by atoms with E-state index in [9.17, 15) is 0 Å². The highest BCUT2D eigenvalue weighted by molar-refractivity contribution is 5.67. The van der Waals surface area contributed by atoms with E-state index in [2.05, 4.69) is 146 Å². The average molecular weight is 583 g/mol. The van der Waals surface area contributed by atoms with Crippen LogP contribution in [0.4, 0.5) is 0 Å². The molecule has 6 aromatic carbocycles. The van der Waals surface area contributed by atoms with Crippen molar-refractivity contribution in [1.82, 2.24) is 0 Å². The molecular formula is C42H30O3. The molecule has 0 radical (unpaired) electrons. The van der Waals surface area contributed by atoms with Crippen molar-refractivity contribution in [3.8, 4) is 17.2 Å². The number of hydrogen-bond donors (Lipinski definition) is 0. The highest BCUT2D eigenvalue weighted by Gasteiger charge is 2.51. The van der Waals surface area contributed by atoms with Gasteiger partial charge in [0.2, 0.25) is 0 Å². The topological polar surface area (TPSA) is 27.7 Å². The Morgan fingerprint density at radius 1 is 0.289 bits per heavy atom. The van der Waals surface area contributed by atoms with Crippen molar-refractivity contribution in [2.24, 2.45) is 0 Å². The molecule has 0 spiro atoms. The van der Waals surface area contributed by atoms with Crippen molar-refractivity contribution >= 4 is 0 Å². The Kier molecular flexibility index (Phi) is 5.36. The Labute approximate surface area is 262 Å². The first-order valence-corrected chi connectivity index (χ1v) is 15.9. The van der Waals surface area contributed by atoms with Gasteiger partial charge in [-0.25, -0.2) is 0 Å². The first-order chi connectivity index (χ1) is 22.3. The minimum absolute atomic E-state index is 0.0102. The largest absolute Gasteiger partial charge is 0.484 e. The van der Waals surface area contributed by atoms with Gasteiger partial charge in [0.15, 0.2) is 0 Å². The van der Waals surface area contributed by atoms with Crippen molar-refractivity contribution in [1.29, 1.82) is 0 Å². The normalized spacial score (nSPS) is 24.5. The summed E-state index contributed by atoms with van der Waals surface area (Å²) < 4.78 is 21.0. The molecule has 10 rings (SSSR count). The number of rotatable bonds is 3. The number of hydrogen-bond acceptors (Lipinski definition) is 3. The summed E-state index contributed by atoms with van der Waals surface area (Å²) in [4.78, 5) is 0. The fourth-order valence-electron chi connectivity index (χ4n) is 8.54. The molecule has 6 atom stereocenters. The van der Waals surface area contributed by atoms with Crippen LogP contribution in [-0.4, -0.2) is 0 Å². The van der Waals surface area contributed by atoms with Crippen LogP contribution in [0.25, 0.3) is 0 Å². The molecule has 0 fully saturated rings. The van der Waals surface area contributed by atoms with E-state index in [0.717, 1.165) is 17.2 Å². The minimum Gasteiger partial charge on any atom is -0.484 e. The van der Waals surface area contributed by atoms with E-state index < -0.39 is 0 Å². The monoisotopic (exact) mass is 582 g/mol. The number of ether oxygens (including phenoxy) is 3. The molecule has 45 heavy (non-hydrogen) atoms. The lowest BCUT2D eigenvalue weighted by Crippen LogP contribution is -2.16. The van der Waals surface area contributed by atoms with Gasteiger partial charge >= 0.3 is 0 Å². The van der Waals surface area contributed by atoms with E-state index in [1.165, 1.54) is 50.1 Å². The summed E-state index contributed by atoms with van der Waals surface area (Å²) in [6.07, 6.45) is -0.490. The molecule has 3 nitrogen and oxygen atoms in total. The maximum atomic E-state index is 6.99. The van der Waals surface area contributed by atoms with E-state index in [1.54, 1.807) is 0 Å². The summed E-state index contributed by atoms with van der Waals surface area (Å²) in [5, 5.41) is 0. The summed E-state index contributed by atoms with van der Waals surface area (Å²) in [7, 11) is 0. The first kappa shape index (κ1) is 25.1. The Morgan fingerprint density at radius 3 is 0.867 bits per heavy atom. The lowest BCUT2D eigenvalue weighted by atomic mass is 9.76. The second kappa shape index (κ2) is 9.61. The maximum Gasteiger partial charge on any atom is 0.135 e. The maximum absolute atomic E-state index is 6.99. The van der Waals surface area contributed by atoms with Crippen molar-refractivity contribution in [2.75, 3.05) is 0 Å². The Bertz CT molecular complexity index is 1830. The third-order valence-electron chi connectivity index (χ3n) is 10.3. The second-order valence-electron chi connectivity index (χ2n) is 12.6. The standard InChI is InChI=1S/C42H30O3/c1-4-13-25(14-5-1)40-37-28-19-10-23-32-35(28)39(42(44-32)27-17-8-3-9-18-27)30-21-12-24-33-36(30)38(29-20-11-22-31(43-40)34(29)37)41(45-33)26-15-6-2-7-16-26/h1-24,37-42H. The van der Waals surface area contributed by atoms with E-state index in [0.29, 0.717) is 0 Å². The predicted molar refractivity (Wildman–Crippen MR) is 174 cm³/mol. The summed E-state index contributed by atoms with van der Waals surface area (Å²) in [5.74, 6) is 2.84. The molecule has 4 aliphatic rings. The van der Waals surface area contributed by atoms with Gasteiger partial charge < -0.3 is 14.2 Å². The SMILES string of the molecule is c1ccc(C2Oc3cccc4c3C2c2cccc3c2C(c2cccc5c2C4C(c2ccccc2)O5)C(c2ccccc2)O3)cc1. The third kappa shape index (κ3) is 3.58. The van der Waals surface area contributed by atoms with Crippen LogP contribution >= 0.6 is 0 Å². The summed E-state index contributed by atoms with van der Waals surface area (Å²) >= 11 is 0. The Morgan fingerprint density at radius 2 is 0.578 bits per heavy atom. The van der Waals surface area contributed by atoms with Gasteiger partial charge in [-0.15, -0.1) is 0 Å². The van der Waals surface area contributed by atoms with E-state index in [-0.39, 0.29) is 36.1 Å². The smallest absolute Gasteiger partial charge is 0.135 e. The van der Waals surface area contributed by atoms with Crippen LogP contribution in [0, 0.1) is 0 Å². The van der Waals surface area contributed by atoms with Gasteiger partial charge in [0.25, 0.3) is 0 Å². The van der Waals surface area contributed by atoms with Gasteiger partial charge in [0, 0.05) is 16.7 Å². The van der Waals surface area contributed by atoms with Gasteiger partial charge in [-0.3, -0.25) is 0 Å². The second-order valence-corrected chi connectivity index (χ2v) is 12.6. The number of benzene rings is 6. The minimum atomic E-state index is -0.163. The summed E-state index contributed by atoms with van der Waals surface area (Å²) in [6, 6.07) is 52.0. The third-order valence-corrected chi connectivity index (χ3v) is 10.3. The van der Waals surface area contributed by atoms with Crippen LogP contribution in [0.5, 0.6) is 17.2 Å². The lowest BCUT2D eigenvalue weighted by molar-refractivity contribution is 0.220. The lowest BCUT2D eigenvalue weighted by Gasteiger charge is -2.25. The molecule has 6 unspecified atom stereocenters. The highest BCUT2D eigenvalue weighted by atomic mass is 16.5. The first-order valence-electron chi connectivity index (χ1n) is 15.9. The average Bonchev–Trinajstić information content (AvgIpc) is 3.81. The van der Waals surface area contributed by atoms with Crippen molar-refractivity contribution in [3.05, 3.63) is 196 Å². The fraction of sp³-hybridized carbons (Fsp3) is 0.143. The molecule has 0 amide bonds. The van der Waals surface area contributed by atoms with Crippen LogP contribution in [0.15, 0.2) is 146 Å². The van der Waals surface area contributed by atoms with Crippen molar-refractivity contribution < 1.29 is 14.2 Å². The molecule has 3 heterocycles. The Hall–Kier alpha value is -5.28. The zero-order chi connectivity index (χ0) is 29.5. The van der Waals surface area contributed by atoms with Crippen LogP contribution < -0.4 is 14.2 Å². The van der Waals surface area contributed by atoms with Crippen LogP contribution in [0.1, 0.15) is 86.1 Å². The molecule has 6 aromatic rings.